The highest BCUT2D eigenvalue weighted by Gasteiger charge is 2.47. The molecule has 18 nitrogen and oxygen atoms in total. The Morgan fingerprint density at radius 2 is 0.686 bits per heavy atom. The van der Waals surface area contributed by atoms with Gasteiger partial charge in [0.2, 0.25) is 11.8 Å². The Kier molecular flexibility index (Phi) is 20.1. The Hall–Kier alpha value is -9.72. The lowest BCUT2D eigenvalue weighted by Gasteiger charge is -2.37. The van der Waals surface area contributed by atoms with Gasteiger partial charge >= 0.3 is 11.9 Å². The molecule has 2 fully saturated rings. The van der Waals surface area contributed by atoms with Gasteiger partial charge in [-0.1, -0.05) is 87.3 Å². The Morgan fingerprint density at radius 3 is 0.931 bits per heavy atom. The van der Waals surface area contributed by atoms with E-state index in [-0.39, 0.29) is 160 Å². The van der Waals surface area contributed by atoms with E-state index < -0.39 is 83.8 Å². The fourth-order valence-electron chi connectivity index (χ4n) is 14.4. The number of esters is 2. The summed E-state index contributed by atoms with van der Waals surface area (Å²) in [6, 6.07) is 28.2. The molecule has 6 atom stereocenters. The Labute approximate surface area is 608 Å². The van der Waals surface area contributed by atoms with Crippen molar-refractivity contribution >= 4 is 137 Å². The van der Waals surface area contributed by atoms with Crippen LogP contribution in [0, 0.1) is 11.8 Å². The first-order valence-electron chi connectivity index (χ1n) is 34.0. The van der Waals surface area contributed by atoms with Crippen LogP contribution >= 0.6 is 46.4 Å². The highest BCUT2D eigenvalue weighted by molar-refractivity contribution is 6.45. The number of carbonyl (C=O) groups excluding carboxylic acids is 8. The second-order valence-corrected chi connectivity index (χ2v) is 29.3. The van der Waals surface area contributed by atoms with Gasteiger partial charge in [0.1, 0.15) is 70.3 Å². The molecule has 4 aliphatic rings. The minimum absolute atomic E-state index is 0.00341. The summed E-state index contributed by atoms with van der Waals surface area (Å²) < 4.78 is 39.9. The van der Waals surface area contributed by atoms with Crippen LogP contribution in [0.25, 0.3) is 43.1 Å². The quantitative estimate of drug-likeness (QED) is 0.0212. The number of fused-ring (bicyclic) bond motifs is 2. The monoisotopic (exact) mass is 1450 g/mol. The number of nitrogens with zero attached hydrogens (tertiary/aromatic N) is 2. The van der Waals surface area contributed by atoms with E-state index in [4.69, 9.17) is 74.8 Å². The van der Waals surface area contributed by atoms with Crippen LogP contribution in [0.2, 0.25) is 20.1 Å². The smallest absolute Gasteiger partial charge is 0.333 e. The van der Waals surface area contributed by atoms with Crippen molar-refractivity contribution in [2.75, 3.05) is 0 Å². The normalized spacial score (nSPS) is 18.0. The van der Waals surface area contributed by atoms with Gasteiger partial charge in [-0.3, -0.25) is 38.6 Å². The number of hydrogen-bond donors (Lipinski definition) is 2. The molecule has 9 aromatic rings. The number of hydrogen-bond acceptors (Lipinski definition) is 14. The molecule has 13 rings (SSSR count). The molecule has 0 aromatic heterocycles. The SMILES string of the molecule is C=C(C)C(=O)OC1CCCC(NC(=O)C(CC(C)C)N2C(=O)c3cc(Oc4ccc(Cl)cc4)c4c5c(Oc6ccc(Cl)cc6)cc6c7c(cc(Oc8ccc(Cl)cc8)c(c8c(Oc9ccc(Cl)cc9)cc(c3c48)C2=O)c75)C(=O)N(C(CC(C)C)C(=O)NC2CCCC(OC(=O)C(=C)C)C2)C6=O)C1. The lowest BCUT2D eigenvalue weighted by Crippen LogP contribution is -2.56. The van der Waals surface area contributed by atoms with Gasteiger partial charge in [-0.2, -0.15) is 0 Å². The number of nitrogens with one attached hydrogen (secondary N) is 2. The second-order valence-electron chi connectivity index (χ2n) is 27.5. The van der Waals surface area contributed by atoms with Crippen molar-refractivity contribution in [3.63, 3.8) is 0 Å². The van der Waals surface area contributed by atoms with Gasteiger partial charge in [-0.25, -0.2) is 9.59 Å². The Balaban J connectivity index is 1.10. The molecule has 524 valence electrons. The average Bonchev–Trinajstić information content (AvgIpc) is 0.671. The van der Waals surface area contributed by atoms with Gasteiger partial charge in [0.15, 0.2) is 0 Å². The van der Waals surface area contributed by atoms with Crippen LogP contribution in [0.4, 0.5) is 0 Å². The third-order valence-electron chi connectivity index (χ3n) is 18.9. The Morgan fingerprint density at radius 1 is 0.422 bits per heavy atom. The van der Waals surface area contributed by atoms with Crippen molar-refractivity contribution in [3.05, 3.63) is 188 Å². The predicted octanol–water partition coefficient (Wildman–Crippen LogP) is 18.6. The first kappa shape index (κ1) is 70.7. The van der Waals surface area contributed by atoms with Crippen molar-refractivity contribution in [1.82, 2.24) is 20.4 Å². The summed E-state index contributed by atoms with van der Waals surface area (Å²) in [5.74, 6) is -5.24. The zero-order chi connectivity index (χ0) is 72.3. The zero-order valence-corrected chi connectivity index (χ0v) is 59.8. The van der Waals surface area contributed by atoms with Crippen LogP contribution < -0.4 is 29.6 Å². The number of imide groups is 2. The molecule has 6 unspecified atom stereocenters. The van der Waals surface area contributed by atoms with E-state index in [9.17, 15) is 9.59 Å². The summed E-state index contributed by atoms with van der Waals surface area (Å²) in [6.45, 7) is 18.1. The largest absolute Gasteiger partial charge is 0.459 e. The fourth-order valence-corrected chi connectivity index (χ4v) is 14.9. The van der Waals surface area contributed by atoms with E-state index in [1.807, 2.05) is 27.7 Å². The number of amides is 6. The summed E-state index contributed by atoms with van der Waals surface area (Å²) in [4.78, 5) is 123. The van der Waals surface area contributed by atoms with Crippen molar-refractivity contribution in [2.45, 2.75) is 142 Å². The predicted molar refractivity (Wildman–Crippen MR) is 391 cm³/mol. The molecule has 6 amide bonds. The number of carbonyl (C=O) groups is 8. The zero-order valence-electron chi connectivity index (χ0n) is 56.8. The van der Waals surface area contributed by atoms with Crippen LogP contribution in [-0.4, -0.2) is 93.6 Å². The lowest BCUT2D eigenvalue weighted by atomic mass is 9.80. The van der Waals surface area contributed by atoms with E-state index in [0.717, 1.165) is 9.80 Å². The fraction of sp³-hybridized carbons (Fsp3) is 0.300. The van der Waals surface area contributed by atoms with E-state index in [1.165, 1.54) is 24.3 Å². The van der Waals surface area contributed by atoms with Gasteiger partial charge in [0.25, 0.3) is 23.6 Å². The number of halogens is 4. The highest BCUT2D eigenvalue weighted by Crippen LogP contribution is 2.58. The van der Waals surface area contributed by atoms with Crippen LogP contribution in [0.1, 0.15) is 147 Å². The summed E-state index contributed by atoms with van der Waals surface area (Å²) in [7, 11) is 0. The van der Waals surface area contributed by atoms with Gasteiger partial charge in [0.05, 0.1) is 22.3 Å². The molecule has 0 bridgehead atoms. The first-order valence-corrected chi connectivity index (χ1v) is 35.5. The molecule has 2 aliphatic heterocycles. The summed E-state index contributed by atoms with van der Waals surface area (Å²) in [5, 5.41) is 9.19. The molecular formula is C80H72Cl4N4O14. The first-order chi connectivity index (χ1) is 48.8. The third-order valence-corrected chi connectivity index (χ3v) is 19.9. The maximum atomic E-state index is 16.3. The molecular weight excluding hydrogens is 1380 g/mol. The van der Waals surface area contributed by atoms with E-state index >= 15 is 28.8 Å². The standard InChI is InChI=1S/C80H72Cl4N4O14/c1-39(2)31-59(73(89)85-47-11-9-13-53(33-47)101-79(95)41(5)6)87-75(91)55-35-61(97-49-23-15-43(81)16-24-49)67-69-63(99-51-27-19-45(83)20-28-51)37-57-66-58(78(94)88(77(57)93)60(32-40(3)4)74(90)86-48-12-10-14-54(34-48)102-80(96)42(7)8)38-64(100-52-29-21-46(84)22-30-52)70(72(66)69)68-62(98-50-25-17-44(82)18-26-50)36-56(76(87)92)65(55)71(67)68/h15-30,35-40,47-48,53-54,59-60H,5,7,9-14,31-34H2,1-4,6,8H3,(H,85,89)(H,86,90). The van der Waals surface area contributed by atoms with Gasteiger partial charge in [0, 0.05) is 99.3 Å². The van der Waals surface area contributed by atoms with Crippen molar-refractivity contribution in [3.8, 4) is 46.0 Å². The number of benzene rings is 9. The third kappa shape index (κ3) is 14.1. The van der Waals surface area contributed by atoms with E-state index in [1.54, 1.807) is 111 Å². The molecule has 22 heteroatoms. The lowest BCUT2D eigenvalue weighted by molar-refractivity contribution is -0.147. The molecule has 102 heavy (non-hydrogen) atoms. The molecule has 0 radical (unpaired) electrons. The van der Waals surface area contributed by atoms with Crippen LogP contribution in [0.3, 0.4) is 0 Å². The van der Waals surface area contributed by atoms with E-state index in [2.05, 4.69) is 23.8 Å². The number of rotatable bonds is 22. The molecule has 2 aliphatic carbocycles. The van der Waals surface area contributed by atoms with Crippen molar-refractivity contribution < 1.29 is 66.8 Å². The van der Waals surface area contributed by atoms with Gasteiger partial charge < -0.3 is 39.1 Å². The average molecular weight is 1460 g/mol. The number of ether oxygens (including phenoxy) is 6. The molecule has 2 heterocycles. The van der Waals surface area contributed by atoms with Gasteiger partial charge in [-0.05, 0) is 198 Å². The highest BCUT2D eigenvalue weighted by atomic mass is 35.5. The van der Waals surface area contributed by atoms with Crippen LogP contribution in [-0.2, 0) is 28.7 Å². The maximum absolute atomic E-state index is 16.3. The Bertz CT molecular complexity index is 4410. The second kappa shape index (κ2) is 29.0. The summed E-state index contributed by atoms with van der Waals surface area (Å²) in [5.41, 5.74) is 0.245. The minimum Gasteiger partial charge on any atom is -0.459 e. The minimum atomic E-state index is -1.39. The summed E-state index contributed by atoms with van der Waals surface area (Å²) in [6.07, 6.45) is 3.02. The maximum Gasteiger partial charge on any atom is 0.333 e. The van der Waals surface area contributed by atoms with Crippen LogP contribution in [0.5, 0.6) is 46.0 Å². The molecule has 0 spiro atoms. The molecule has 0 saturated heterocycles. The van der Waals surface area contributed by atoms with E-state index in [0.29, 0.717) is 58.6 Å². The summed E-state index contributed by atoms with van der Waals surface area (Å²) >= 11 is 26.2. The van der Waals surface area contributed by atoms with Crippen molar-refractivity contribution in [2.24, 2.45) is 11.8 Å². The molecule has 9 aromatic carbocycles. The molecule has 2 saturated carbocycles. The van der Waals surface area contributed by atoms with Crippen molar-refractivity contribution in [1.29, 1.82) is 0 Å². The van der Waals surface area contributed by atoms with Gasteiger partial charge in [-0.15, -0.1) is 0 Å². The topological polar surface area (TPSA) is 222 Å². The van der Waals surface area contributed by atoms with Crippen LogP contribution in [0.15, 0.2) is 146 Å². The molecule has 2 N–H and O–H groups in total.